The number of aryl methyl sites for hydroxylation is 1. The first-order valence-corrected chi connectivity index (χ1v) is 7.13. The van der Waals surface area contributed by atoms with E-state index in [0.29, 0.717) is 30.3 Å². The van der Waals surface area contributed by atoms with Crippen molar-refractivity contribution >= 4 is 23.5 Å². The van der Waals surface area contributed by atoms with Crippen LogP contribution in [0.3, 0.4) is 0 Å². The molecule has 0 aliphatic carbocycles. The van der Waals surface area contributed by atoms with E-state index in [1.807, 2.05) is 13.0 Å². The van der Waals surface area contributed by atoms with Crippen LogP contribution >= 0.6 is 11.6 Å². The molecule has 1 fully saturated rings. The van der Waals surface area contributed by atoms with Gasteiger partial charge in [-0.05, 0) is 24.6 Å². The molecule has 1 amide bonds. The molecule has 21 heavy (non-hydrogen) atoms. The van der Waals surface area contributed by atoms with Crippen molar-refractivity contribution in [3.05, 3.63) is 34.3 Å². The number of ether oxygens (including phenoxy) is 2. The standard InChI is InChI=1S/C15H18ClNO4/c1-10-3-4-11(7-13(10)16)15(19)17-5-6-21-12(9-17)8-14(18)20-2/h3-4,7,12H,5-6,8-9H2,1-2H3. The van der Waals surface area contributed by atoms with Crippen LogP contribution in [0, 0.1) is 6.92 Å². The average molecular weight is 312 g/mol. The molecule has 1 unspecified atom stereocenters. The van der Waals surface area contributed by atoms with Crippen LogP contribution in [0.2, 0.25) is 5.02 Å². The summed E-state index contributed by atoms with van der Waals surface area (Å²) in [5.41, 5.74) is 1.48. The zero-order valence-corrected chi connectivity index (χ0v) is 12.9. The summed E-state index contributed by atoms with van der Waals surface area (Å²) >= 11 is 6.06. The third-order valence-corrected chi connectivity index (χ3v) is 3.87. The molecule has 0 spiro atoms. The fourth-order valence-corrected chi connectivity index (χ4v) is 2.39. The van der Waals surface area contributed by atoms with Gasteiger partial charge >= 0.3 is 5.97 Å². The summed E-state index contributed by atoms with van der Waals surface area (Å²) in [5.74, 6) is -0.442. The lowest BCUT2D eigenvalue weighted by Crippen LogP contribution is -2.46. The average Bonchev–Trinajstić information content (AvgIpc) is 2.49. The summed E-state index contributed by atoms with van der Waals surface area (Å²) < 4.78 is 10.1. The molecule has 5 nitrogen and oxygen atoms in total. The first-order valence-electron chi connectivity index (χ1n) is 6.75. The third-order valence-electron chi connectivity index (χ3n) is 3.47. The van der Waals surface area contributed by atoms with Gasteiger partial charge in [0.1, 0.15) is 0 Å². The molecule has 1 heterocycles. The number of rotatable bonds is 3. The fourth-order valence-electron chi connectivity index (χ4n) is 2.20. The number of morpholine rings is 1. The Bertz CT molecular complexity index is 546. The number of hydrogen-bond acceptors (Lipinski definition) is 4. The van der Waals surface area contributed by atoms with Gasteiger partial charge in [-0.1, -0.05) is 17.7 Å². The molecular weight excluding hydrogens is 294 g/mol. The lowest BCUT2D eigenvalue weighted by Gasteiger charge is -2.32. The van der Waals surface area contributed by atoms with E-state index in [9.17, 15) is 9.59 Å². The highest BCUT2D eigenvalue weighted by Crippen LogP contribution is 2.19. The van der Waals surface area contributed by atoms with Crippen LogP contribution in [0.1, 0.15) is 22.3 Å². The molecular formula is C15H18ClNO4. The van der Waals surface area contributed by atoms with Crippen LogP contribution in [0.15, 0.2) is 18.2 Å². The molecule has 1 aromatic carbocycles. The topological polar surface area (TPSA) is 55.8 Å². The highest BCUT2D eigenvalue weighted by Gasteiger charge is 2.27. The van der Waals surface area contributed by atoms with Gasteiger partial charge in [-0.25, -0.2) is 0 Å². The van der Waals surface area contributed by atoms with Crippen LogP contribution < -0.4 is 0 Å². The number of halogens is 1. The Labute approximate surface area is 128 Å². The van der Waals surface area contributed by atoms with Crippen molar-refractivity contribution in [1.29, 1.82) is 0 Å². The first-order chi connectivity index (χ1) is 10.0. The summed E-state index contributed by atoms with van der Waals surface area (Å²) in [6, 6.07) is 5.25. The number of carbonyl (C=O) groups is 2. The highest BCUT2D eigenvalue weighted by molar-refractivity contribution is 6.31. The fraction of sp³-hybridized carbons (Fsp3) is 0.467. The largest absolute Gasteiger partial charge is 0.469 e. The van der Waals surface area contributed by atoms with Crippen LogP contribution in [0.4, 0.5) is 0 Å². The van der Waals surface area contributed by atoms with E-state index in [1.54, 1.807) is 17.0 Å². The first kappa shape index (κ1) is 15.8. The number of hydrogen-bond donors (Lipinski definition) is 0. The normalized spacial score (nSPS) is 18.4. The van der Waals surface area contributed by atoms with Crippen molar-refractivity contribution in [3.63, 3.8) is 0 Å². The Morgan fingerprint density at radius 3 is 2.90 bits per heavy atom. The highest BCUT2D eigenvalue weighted by atomic mass is 35.5. The van der Waals surface area contributed by atoms with Crippen molar-refractivity contribution in [2.45, 2.75) is 19.4 Å². The molecule has 1 aliphatic rings. The second-order valence-corrected chi connectivity index (χ2v) is 5.40. The van der Waals surface area contributed by atoms with Gasteiger partial charge in [0.2, 0.25) is 0 Å². The van der Waals surface area contributed by atoms with Gasteiger partial charge in [0.25, 0.3) is 5.91 Å². The van der Waals surface area contributed by atoms with Crippen molar-refractivity contribution in [3.8, 4) is 0 Å². The number of nitrogens with zero attached hydrogens (tertiary/aromatic N) is 1. The molecule has 0 aromatic heterocycles. The van der Waals surface area contributed by atoms with Gasteiger partial charge in [-0.2, -0.15) is 0 Å². The van der Waals surface area contributed by atoms with Gasteiger partial charge < -0.3 is 14.4 Å². The molecule has 2 rings (SSSR count). The Morgan fingerprint density at radius 1 is 1.48 bits per heavy atom. The minimum absolute atomic E-state index is 0.102. The van der Waals surface area contributed by atoms with Gasteiger partial charge in [0.15, 0.2) is 0 Å². The summed E-state index contributed by atoms with van der Waals surface area (Å²) in [6.45, 7) is 3.17. The predicted molar refractivity (Wildman–Crippen MR) is 78.5 cm³/mol. The number of benzene rings is 1. The zero-order chi connectivity index (χ0) is 15.4. The molecule has 1 saturated heterocycles. The molecule has 1 aliphatic heterocycles. The molecule has 0 radical (unpaired) electrons. The van der Waals surface area contributed by atoms with Crippen LogP contribution in [0.25, 0.3) is 0 Å². The van der Waals surface area contributed by atoms with Crippen LogP contribution in [-0.2, 0) is 14.3 Å². The van der Waals surface area contributed by atoms with Crippen LogP contribution in [-0.4, -0.2) is 49.7 Å². The summed E-state index contributed by atoms with van der Waals surface area (Å²) in [5, 5.41) is 0.570. The van der Waals surface area contributed by atoms with Crippen molar-refractivity contribution in [2.75, 3.05) is 26.8 Å². The molecule has 0 bridgehead atoms. The Hall–Kier alpha value is -1.59. The second kappa shape index (κ2) is 6.91. The van der Waals surface area contributed by atoms with E-state index < -0.39 is 0 Å². The van der Waals surface area contributed by atoms with E-state index in [1.165, 1.54) is 7.11 Å². The third kappa shape index (κ3) is 3.95. The lowest BCUT2D eigenvalue weighted by atomic mass is 10.1. The summed E-state index contributed by atoms with van der Waals surface area (Å²) in [6.07, 6.45) is -0.175. The van der Waals surface area contributed by atoms with Crippen molar-refractivity contribution in [2.24, 2.45) is 0 Å². The van der Waals surface area contributed by atoms with Crippen molar-refractivity contribution < 1.29 is 19.1 Å². The quantitative estimate of drug-likeness (QED) is 0.802. The predicted octanol–water partition coefficient (Wildman–Crippen LogP) is 2.05. The molecule has 6 heteroatoms. The smallest absolute Gasteiger partial charge is 0.308 e. The van der Waals surface area contributed by atoms with Crippen molar-refractivity contribution in [1.82, 2.24) is 4.90 Å². The summed E-state index contributed by atoms with van der Waals surface area (Å²) in [4.78, 5) is 25.4. The number of methoxy groups -OCH3 is 1. The SMILES string of the molecule is COC(=O)CC1CN(C(=O)c2ccc(C)c(Cl)c2)CCO1. The van der Waals surface area contributed by atoms with E-state index in [4.69, 9.17) is 16.3 Å². The van der Waals surface area contributed by atoms with E-state index in [0.717, 1.165) is 5.56 Å². The molecule has 1 aromatic rings. The van der Waals surface area contributed by atoms with E-state index in [-0.39, 0.29) is 24.4 Å². The lowest BCUT2D eigenvalue weighted by molar-refractivity contribution is -0.145. The second-order valence-electron chi connectivity index (χ2n) is 4.99. The Kier molecular flexibility index (Phi) is 5.20. The number of amides is 1. The van der Waals surface area contributed by atoms with Crippen LogP contribution in [0.5, 0.6) is 0 Å². The zero-order valence-electron chi connectivity index (χ0n) is 12.1. The van der Waals surface area contributed by atoms with E-state index in [2.05, 4.69) is 4.74 Å². The maximum Gasteiger partial charge on any atom is 0.308 e. The maximum absolute atomic E-state index is 12.5. The van der Waals surface area contributed by atoms with Gasteiger partial charge in [-0.3, -0.25) is 9.59 Å². The van der Waals surface area contributed by atoms with Gasteiger partial charge in [0, 0.05) is 23.7 Å². The minimum atomic E-state index is -0.340. The van der Waals surface area contributed by atoms with E-state index >= 15 is 0 Å². The molecule has 1 atom stereocenters. The van der Waals surface area contributed by atoms with Gasteiger partial charge in [-0.15, -0.1) is 0 Å². The number of esters is 1. The monoisotopic (exact) mass is 311 g/mol. The molecule has 114 valence electrons. The maximum atomic E-state index is 12.5. The van der Waals surface area contributed by atoms with Gasteiger partial charge in [0.05, 0.1) is 26.2 Å². The molecule has 0 saturated carbocycles. The number of carbonyl (C=O) groups excluding carboxylic acids is 2. The minimum Gasteiger partial charge on any atom is -0.469 e. The Morgan fingerprint density at radius 2 is 2.24 bits per heavy atom. The summed E-state index contributed by atoms with van der Waals surface area (Å²) in [7, 11) is 1.34. The molecule has 0 N–H and O–H groups in total. The Balaban J connectivity index is 2.04.